The highest BCUT2D eigenvalue weighted by atomic mass is 32.1. The molecule has 0 spiro atoms. The van der Waals surface area contributed by atoms with E-state index in [1.807, 2.05) is 0 Å². The van der Waals surface area contributed by atoms with E-state index in [-0.39, 0.29) is 0 Å². The van der Waals surface area contributed by atoms with Gasteiger partial charge in [-0.25, -0.2) is 13.2 Å². The molecule has 22 heavy (non-hydrogen) atoms. The molecule has 0 radical (unpaired) electrons. The van der Waals surface area contributed by atoms with Gasteiger partial charge in [0.05, 0.1) is 11.5 Å². The smallest absolute Gasteiger partial charge is 0.282 e. The molecule has 0 rings (SSSR count). The van der Waals surface area contributed by atoms with Crippen molar-refractivity contribution in [3.05, 3.63) is 0 Å². The summed E-state index contributed by atoms with van der Waals surface area (Å²) in [4.78, 5) is 34.0. The Labute approximate surface area is 140 Å². The van der Waals surface area contributed by atoms with Crippen LogP contribution in [0.5, 0.6) is 0 Å². The maximum Gasteiger partial charge on any atom is 0.282 e. The number of alkyl halides is 3. The Kier molecular flexibility index (Phi) is 7.38. The Morgan fingerprint density at radius 2 is 1.27 bits per heavy atom. The standard InChI is InChI=1S/C9H15F3N4O3S3/c10-7(14,1-20)5(18)15-9(12,3-22)6(19)16-8(11,2-21)4(13)17/h20-22H,1-3,14H2,(H2,13,17)(H,15,18)(H,16,19)/t7-,8-,9-/m1/s1. The molecule has 0 aliphatic carbocycles. The van der Waals surface area contributed by atoms with Gasteiger partial charge in [0.15, 0.2) is 0 Å². The van der Waals surface area contributed by atoms with Gasteiger partial charge in [0.2, 0.25) is 5.79 Å². The summed E-state index contributed by atoms with van der Waals surface area (Å²) in [6, 6.07) is 0. The Morgan fingerprint density at radius 3 is 1.59 bits per heavy atom. The molecule has 0 heterocycles. The summed E-state index contributed by atoms with van der Waals surface area (Å²) in [5, 5.41) is 2.66. The van der Waals surface area contributed by atoms with Crippen LogP contribution in [0.1, 0.15) is 0 Å². The summed E-state index contributed by atoms with van der Waals surface area (Å²) in [6.45, 7) is 0. The lowest BCUT2D eigenvalue weighted by Crippen LogP contribution is -2.67. The molecule has 0 aromatic carbocycles. The summed E-state index contributed by atoms with van der Waals surface area (Å²) < 4.78 is 41.7. The molecule has 0 unspecified atom stereocenters. The second kappa shape index (κ2) is 7.66. The van der Waals surface area contributed by atoms with E-state index in [2.05, 4.69) is 37.9 Å². The van der Waals surface area contributed by atoms with Crippen LogP contribution in [0.2, 0.25) is 0 Å². The lowest BCUT2D eigenvalue weighted by atomic mass is 10.2. The first kappa shape index (κ1) is 21.2. The predicted molar refractivity (Wildman–Crippen MR) is 82.7 cm³/mol. The average molecular weight is 380 g/mol. The van der Waals surface area contributed by atoms with Crippen molar-refractivity contribution in [2.24, 2.45) is 11.5 Å². The maximum atomic E-state index is 14.4. The molecule has 0 aromatic heterocycles. The first-order valence-corrected chi connectivity index (χ1v) is 7.41. The van der Waals surface area contributed by atoms with Gasteiger partial charge in [-0.2, -0.15) is 37.9 Å². The number of amides is 3. The number of halogens is 3. The molecule has 0 aliphatic heterocycles. The van der Waals surface area contributed by atoms with Crippen molar-refractivity contribution in [3.63, 3.8) is 0 Å². The molecule has 0 saturated carbocycles. The molecule has 0 fully saturated rings. The van der Waals surface area contributed by atoms with Gasteiger partial charge in [-0.1, -0.05) is 0 Å². The summed E-state index contributed by atoms with van der Waals surface area (Å²) in [5.74, 6) is -17.5. The average Bonchev–Trinajstić information content (AvgIpc) is 2.46. The third-order valence-corrected chi connectivity index (χ3v) is 3.75. The molecule has 0 saturated heterocycles. The first-order chi connectivity index (χ1) is 9.88. The predicted octanol–water partition coefficient (Wildman–Crippen LogP) is -1.55. The van der Waals surface area contributed by atoms with Crippen molar-refractivity contribution in [2.45, 2.75) is 17.4 Å². The monoisotopic (exact) mass is 380 g/mol. The Balaban J connectivity index is 5.27. The van der Waals surface area contributed by atoms with E-state index < -0.39 is 52.4 Å². The van der Waals surface area contributed by atoms with Gasteiger partial charge in [-0.05, 0) is 0 Å². The van der Waals surface area contributed by atoms with Crippen LogP contribution in [0.4, 0.5) is 13.2 Å². The Morgan fingerprint density at radius 1 is 0.864 bits per heavy atom. The molecule has 128 valence electrons. The molecular formula is C9H15F3N4O3S3. The molecule has 3 amide bonds. The van der Waals surface area contributed by atoms with Gasteiger partial charge in [0, 0.05) is 5.75 Å². The van der Waals surface area contributed by atoms with Gasteiger partial charge >= 0.3 is 0 Å². The topological polar surface area (TPSA) is 127 Å². The summed E-state index contributed by atoms with van der Waals surface area (Å²) in [6.07, 6.45) is 0. The molecule has 13 heteroatoms. The fourth-order valence-corrected chi connectivity index (χ4v) is 1.58. The number of nitrogens with two attached hydrogens (primary N) is 2. The number of primary amides is 1. The van der Waals surface area contributed by atoms with Crippen molar-refractivity contribution < 1.29 is 27.6 Å². The number of carbonyl (C=O) groups is 3. The number of carbonyl (C=O) groups excluding carboxylic acids is 3. The van der Waals surface area contributed by atoms with Crippen molar-refractivity contribution >= 4 is 55.6 Å². The minimum atomic E-state index is -3.35. The Hall–Kier alpha value is -0.790. The van der Waals surface area contributed by atoms with E-state index >= 15 is 0 Å². The first-order valence-electron chi connectivity index (χ1n) is 5.52. The van der Waals surface area contributed by atoms with Crippen LogP contribution in [0, 0.1) is 0 Å². The van der Waals surface area contributed by atoms with Crippen LogP contribution in [0.3, 0.4) is 0 Å². The quantitative estimate of drug-likeness (QED) is 0.203. The van der Waals surface area contributed by atoms with E-state index in [0.29, 0.717) is 0 Å². The molecule has 7 nitrogen and oxygen atoms in total. The maximum absolute atomic E-state index is 14.4. The molecular weight excluding hydrogens is 365 g/mol. The van der Waals surface area contributed by atoms with Gasteiger partial charge in [-0.3, -0.25) is 20.1 Å². The van der Waals surface area contributed by atoms with E-state index in [1.54, 1.807) is 0 Å². The molecule has 6 N–H and O–H groups in total. The minimum absolute atomic E-state index is 0.811. The lowest BCUT2D eigenvalue weighted by Gasteiger charge is -2.30. The van der Waals surface area contributed by atoms with Crippen LogP contribution in [0.25, 0.3) is 0 Å². The highest BCUT2D eigenvalue weighted by molar-refractivity contribution is 7.80. The van der Waals surface area contributed by atoms with Crippen LogP contribution >= 0.6 is 37.9 Å². The third-order valence-electron chi connectivity index (χ3n) is 2.42. The third kappa shape index (κ3) is 4.86. The second-order valence-corrected chi connectivity index (χ2v) is 5.16. The lowest BCUT2D eigenvalue weighted by molar-refractivity contribution is -0.149. The van der Waals surface area contributed by atoms with Crippen LogP contribution in [-0.4, -0.2) is 52.4 Å². The van der Waals surface area contributed by atoms with Gasteiger partial charge < -0.3 is 16.4 Å². The number of hydrogen-bond acceptors (Lipinski definition) is 7. The highest BCUT2D eigenvalue weighted by Gasteiger charge is 2.48. The zero-order valence-corrected chi connectivity index (χ0v) is 13.7. The van der Waals surface area contributed by atoms with Crippen LogP contribution in [-0.2, 0) is 14.4 Å². The molecule has 0 aliphatic rings. The fraction of sp³-hybridized carbons (Fsp3) is 0.667. The number of hydrogen-bond donors (Lipinski definition) is 7. The zero-order valence-electron chi connectivity index (χ0n) is 11.0. The number of thiol groups is 3. The SMILES string of the molecule is NC(=O)[C@@](F)(CS)NC(=O)[C@@](F)(CS)NC(=O)[C@@](N)(F)CS. The summed E-state index contributed by atoms with van der Waals surface area (Å²) in [7, 11) is 0. The van der Waals surface area contributed by atoms with E-state index in [4.69, 9.17) is 11.5 Å². The van der Waals surface area contributed by atoms with Gasteiger partial charge in [0.25, 0.3) is 29.3 Å². The minimum Gasteiger partial charge on any atom is -0.365 e. The van der Waals surface area contributed by atoms with Crippen LogP contribution < -0.4 is 22.1 Å². The molecule has 0 bridgehead atoms. The highest BCUT2D eigenvalue weighted by Crippen LogP contribution is 2.17. The number of nitrogens with one attached hydrogen (secondary N) is 2. The fourth-order valence-electron chi connectivity index (χ4n) is 0.982. The van der Waals surface area contributed by atoms with Gasteiger partial charge in [-0.15, -0.1) is 0 Å². The van der Waals surface area contributed by atoms with Crippen molar-refractivity contribution in [3.8, 4) is 0 Å². The summed E-state index contributed by atoms with van der Waals surface area (Å²) >= 11 is 10.4. The largest absolute Gasteiger partial charge is 0.365 e. The Bertz CT molecular complexity index is 471. The number of rotatable bonds is 8. The summed E-state index contributed by atoms with van der Waals surface area (Å²) in [5.41, 5.74) is 9.59. The van der Waals surface area contributed by atoms with Crippen LogP contribution in [0.15, 0.2) is 0 Å². The van der Waals surface area contributed by atoms with Crippen molar-refractivity contribution in [2.75, 3.05) is 17.3 Å². The second-order valence-electron chi connectivity index (χ2n) is 4.21. The van der Waals surface area contributed by atoms with Gasteiger partial charge in [0.1, 0.15) is 0 Å². The van der Waals surface area contributed by atoms with Crippen molar-refractivity contribution in [1.29, 1.82) is 0 Å². The van der Waals surface area contributed by atoms with E-state index in [1.165, 1.54) is 10.6 Å². The molecule has 3 atom stereocenters. The molecule has 0 aromatic rings. The van der Waals surface area contributed by atoms with Crippen molar-refractivity contribution in [1.82, 2.24) is 10.6 Å². The van der Waals surface area contributed by atoms with E-state index in [9.17, 15) is 27.6 Å². The normalized spacial score (nSPS) is 19.2. The van der Waals surface area contributed by atoms with E-state index in [0.717, 1.165) is 0 Å². The zero-order chi connectivity index (χ0) is 17.8.